The zero-order valence-electron chi connectivity index (χ0n) is 13.2. The van der Waals surface area contributed by atoms with Gasteiger partial charge in [-0.25, -0.2) is 0 Å². The molecule has 2 unspecified atom stereocenters. The highest BCUT2D eigenvalue weighted by Crippen LogP contribution is 2.30. The van der Waals surface area contributed by atoms with Crippen LogP contribution in [-0.2, 0) is 9.53 Å². The Balaban J connectivity index is 2.03. The van der Waals surface area contributed by atoms with Crippen molar-refractivity contribution >= 4 is 17.2 Å². The molecule has 0 spiro atoms. The Morgan fingerprint density at radius 3 is 2.86 bits per heavy atom. The number of hydrogen-bond acceptors (Lipinski definition) is 4. The van der Waals surface area contributed by atoms with Gasteiger partial charge in [-0.15, -0.1) is 11.3 Å². The summed E-state index contributed by atoms with van der Waals surface area (Å²) < 4.78 is 5.09. The molecule has 21 heavy (non-hydrogen) atoms. The number of unbranched alkanes of at least 4 members (excludes halogenated alkanes) is 1. The number of rotatable bonds is 8. The largest absolute Gasteiger partial charge is 0.385 e. The average molecular weight is 310 g/mol. The fourth-order valence-electron chi connectivity index (χ4n) is 2.77. The number of ether oxygens (including phenoxy) is 1. The van der Waals surface area contributed by atoms with Gasteiger partial charge in [0.2, 0.25) is 5.91 Å². The quantitative estimate of drug-likeness (QED) is 0.751. The summed E-state index contributed by atoms with van der Waals surface area (Å²) in [7, 11) is 1.72. The molecule has 2 rings (SSSR count). The summed E-state index contributed by atoms with van der Waals surface area (Å²) in [6, 6.07) is 4.11. The van der Waals surface area contributed by atoms with Crippen LogP contribution < -0.4 is 5.32 Å². The fraction of sp³-hybridized carbons (Fsp3) is 0.688. The summed E-state index contributed by atoms with van der Waals surface area (Å²) in [5.74, 6) is 0.767. The van der Waals surface area contributed by atoms with Gasteiger partial charge in [-0.3, -0.25) is 10.1 Å². The normalized spacial score (nSPS) is 22.5. The van der Waals surface area contributed by atoms with Crippen LogP contribution in [0.3, 0.4) is 0 Å². The summed E-state index contributed by atoms with van der Waals surface area (Å²) in [6.45, 7) is 5.88. The zero-order chi connectivity index (χ0) is 15.2. The van der Waals surface area contributed by atoms with E-state index in [0.717, 1.165) is 32.4 Å². The van der Waals surface area contributed by atoms with Gasteiger partial charge in [0.15, 0.2) is 0 Å². The van der Waals surface area contributed by atoms with Crippen LogP contribution in [0.5, 0.6) is 0 Å². The molecule has 2 atom stereocenters. The van der Waals surface area contributed by atoms with Crippen molar-refractivity contribution in [2.24, 2.45) is 5.92 Å². The topological polar surface area (TPSA) is 41.6 Å². The van der Waals surface area contributed by atoms with Crippen LogP contribution in [0.25, 0.3) is 0 Å². The molecule has 0 aliphatic carbocycles. The maximum Gasteiger partial charge on any atom is 0.241 e. The van der Waals surface area contributed by atoms with Crippen molar-refractivity contribution in [3.8, 4) is 0 Å². The number of nitrogens with one attached hydrogen (secondary N) is 1. The minimum absolute atomic E-state index is 0.0421. The highest BCUT2D eigenvalue weighted by Gasteiger charge is 2.39. The number of amides is 1. The van der Waals surface area contributed by atoms with Gasteiger partial charge in [-0.1, -0.05) is 19.9 Å². The average Bonchev–Trinajstić information content (AvgIpc) is 3.05. The van der Waals surface area contributed by atoms with Gasteiger partial charge in [-0.2, -0.15) is 0 Å². The summed E-state index contributed by atoms with van der Waals surface area (Å²) in [4.78, 5) is 15.9. The van der Waals surface area contributed by atoms with E-state index in [1.54, 1.807) is 18.4 Å². The Labute approximate surface area is 131 Å². The summed E-state index contributed by atoms with van der Waals surface area (Å²) in [5.41, 5.74) is 0. The molecule has 1 amide bonds. The van der Waals surface area contributed by atoms with E-state index in [4.69, 9.17) is 4.74 Å². The van der Waals surface area contributed by atoms with Gasteiger partial charge in [0, 0.05) is 25.1 Å². The molecule has 1 fully saturated rings. The summed E-state index contributed by atoms with van der Waals surface area (Å²) in [5, 5.41) is 5.59. The van der Waals surface area contributed by atoms with Crippen molar-refractivity contribution in [1.82, 2.24) is 10.2 Å². The summed E-state index contributed by atoms with van der Waals surface area (Å²) >= 11 is 1.71. The van der Waals surface area contributed by atoms with E-state index in [1.165, 1.54) is 4.88 Å². The van der Waals surface area contributed by atoms with Crippen LogP contribution in [0.2, 0.25) is 0 Å². The molecule has 0 saturated carbocycles. The number of carbonyl (C=O) groups is 1. The lowest BCUT2D eigenvalue weighted by atomic mass is 10.0. The van der Waals surface area contributed by atoms with Crippen molar-refractivity contribution in [2.45, 2.75) is 45.3 Å². The van der Waals surface area contributed by atoms with E-state index < -0.39 is 0 Å². The predicted octanol–water partition coefficient (Wildman–Crippen LogP) is 3.02. The van der Waals surface area contributed by atoms with Crippen LogP contribution in [0.4, 0.5) is 0 Å². The lowest BCUT2D eigenvalue weighted by Crippen LogP contribution is -2.32. The van der Waals surface area contributed by atoms with Gasteiger partial charge in [0.25, 0.3) is 0 Å². The summed E-state index contributed by atoms with van der Waals surface area (Å²) in [6.07, 6.45) is 2.92. The molecular weight excluding hydrogens is 284 g/mol. The predicted molar refractivity (Wildman–Crippen MR) is 86.3 cm³/mol. The molecule has 1 aliphatic heterocycles. The second-order valence-corrected chi connectivity index (χ2v) is 6.98. The van der Waals surface area contributed by atoms with Gasteiger partial charge in [-0.05, 0) is 36.6 Å². The molecule has 118 valence electrons. The van der Waals surface area contributed by atoms with E-state index in [0.29, 0.717) is 5.92 Å². The molecule has 1 aliphatic rings. The third kappa shape index (κ3) is 4.28. The smallest absolute Gasteiger partial charge is 0.241 e. The van der Waals surface area contributed by atoms with Crippen molar-refractivity contribution in [2.75, 3.05) is 20.3 Å². The monoisotopic (exact) mass is 310 g/mol. The molecule has 0 aromatic carbocycles. The molecule has 1 aromatic heterocycles. The first-order chi connectivity index (χ1) is 10.1. The lowest BCUT2D eigenvalue weighted by molar-refractivity contribution is -0.130. The maximum atomic E-state index is 12.6. The number of methoxy groups -OCH3 is 1. The second kappa shape index (κ2) is 7.92. The minimum atomic E-state index is -0.0421. The maximum absolute atomic E-state index is 12.6. The molecular formula is C16H26N2O2S. The molecule has 0 bridgehead atoms. The molecule has 5 heteroatoms. The van der Waals surface area contributed by atoms with E-state index in [-0.39, 0.29) is 18.1 Å². The fourth-order valence-corrected chi connectivity index (χ4v) is 3.57. The van der Waals surface area contributed by atoms with Crippen LogP contribution in [0, 0.1) is 5.92 Å². The van der Waals surface area contributed by atoms with Crippen LogP contribution in [0.1, 0.15) is 44.2 Å². The number of thiophene rings is 1. The molecule has 4 nitrogen and oxygen atoms in total. The van der Waals surface area contributed by atoms with E-state index in [1.807, 2.05) is 11.0 Å². The first kappa shape index (κ1) is 16.5. The van der Waals surface area contributed by atoms with Crippen LogP contribution in [0.15, 0.2) is 17.5 Å². The standard InChI is InChI=1S/C16H26N2O2S/c1-12(2)11-13-16(19)18(8-4-5-9-20-3)15(17-13)14-7-6-10-21-14/h6-7,10,12-13,15,17H,4-5,8-9,11H2,1-3H3. The van der Waals surface area contributed by atoms with E-state index >= 15 is 0 Å². The van der Waals surface area contributed by atoms with Crippen molar-refractivity contribution in [3.05, 3.63) is 22.4 Å². The molecule has 1 saturated heterocycles. The molecule has 0 radical (unpaired) electrons. The van der Waals surface area contributed by atoms with Crippen molar-refractivity contribution < 1.29 is 9.53 Å². The Morgan fingerprint density at radius 2 is 2.24 bits per heavy atom. The Hall–Kier alpha value is -0.910. The van der Waals surface area contributed by atoms with Crippen LogP contribution >= 0.6 is 11.3 Å². The van der Waals surface area contributed by atoms with Crippen molar-refractivity contribution in [1.29, 1.82) is 0 Å². The Bertz CT molecular complexity index is 433. The second-order valence-electron chi connectivity index (χ2n) is 6.00. The van der Waals surface area contributed by atoms with E-state index in [9.17, 15) is 4.79 Å². The SMILES string of the molecule is COCCCCN1C(=O)C(CC(C)C)NC1c1cccs1. The molecule has 1 N–H and O–H groups in total. The lowest BCUT2D eigenvalue weighted by Gasteiger charge is -2.23. The molecule has 2 heterocycles. The Morgan fingerprint density at radius 1 is 1.43 bits per heavy atom. The van der Waals surface area contributed by atoms with Crippen LogP contribution in [-0.4, -0.2) is 37.1 Å². The van der Waals surface area contributed by atoms with Crippen molar-refractivity contribution in [3.63, 3.8) is 0 Å². The highest BCUT2D eigenvalue weighted by molar-refractivity contribution is 7.10. The van der Waals surface area contributed by atoms with Gasteiger partial charge in [0.05, 0.1) is 6.04 Å². The van der Waals surface area contributed by atoms with E-state index in [2.05, 4.69) is 30.6 Å². The third-order valence-electron chi connectivity index (χ3n) is 3.77. The third-order valence-corrected chi connectivity index (χ3v) is 4.69. The first-order valence-corrected chi connectivity index (χ1v) is 8.60. The van der Waals surface area contributed by atoms with Gasteiger partial charge >= 0.3 is 0 Å². The zero-order valence-corrected chi connectivity index (χ0v) is 14.0. The number of carbonyl (C=O) groups excluding carboxylic acids is 1. The minimum Gasteiger partial charge on any atom is -0.385 e. The Kier molecular flexibility index (Phi) is 6.21. The van der Waals surface area contributed by atoms with Gasteiger partial charge < -0.3 is 9.64 Å². The van der Waals surface area contributed by atoms with Gasteiger partial charge in [0.1, 0.15) is 6.17 Å². The number of hydrogen-bond donors (Lipinski definition) is 1. The highest BCUT2D eigenvalue weighted by atomic mass is 32.1. The number of nitrogens with zero attached hydrogens (tertiary/aromatic N) is 1. The molecule has 1 aromatic rings. The first-order valence-electron chi connectivity index (χ1n) is 7.72.